The van der Waals surface area contributed by atoms with Crippen molar-refractivity contribution in [2.75, 3.05) is 0 Å². The fourth-order valence-corrected chi connectivity index (χ4v) is 6.51. The van der Waals surface area contributed by atoms with Crippen molar-refractivity contribution >= 4 is 0 Å². The second-order valence-electron chi connectivity index (χ2n) is 11.0. The lowest BCUT2D eigenvalue weighted by Gasteiger charge is -2.30. The van der Waals surface area contributed by atoms with Crippen LogP contribution in [0.15, 0.2) is 47.6 Å². The predicted molar refractivity (Wildman–Crippen MR) is 136 cm³/mol. The minimum absolute atomic E-state index is 0.0109. The molecule has 1 atom stereocenters. The SMILES string of the molecule is CCCC1CCC(c2ccc(C3CCC(/C=C/C4=CC[C@H](CC)C(F)=C4F)CC3)c(F)c2F)CC1. The first-order valence-corrected chi connectivity index (χ1v) is 13.8. The summed E-state index contributed by atoms with van der Waals surface area (Å²) in [6, 6.07) is 3.67. The number of halogens is 4. The molecule has 3 aliphatic rings. The summed E-state index contributed by atoms with van der Waals surface area (Å²) in [7, 11) is 0. The van der Waals surface area contributed by atoms with E-state index in [0.29, 0.717) is 29.5 Å². The molecular weight excluding hydrogens is 448 g/mol. The van der Waals surface area contributed by atoms with E-state index in [-0.39, 0.29) is 23.7 Å². The molecule has 0 nitrogen and oxygen atoms in total. The van der Waals surface area contributed by atoms with Crippen LogP contribution in [-0.2, 0) is 0 Å². The average molecular weight is 489 g/mol. The van der Waals surface area contributed by atoms with E-state index in [1.807, 2.05) is 25.1 Å². The van der Waals surface area contributed by atoms with E-state index in [4.69, 9.17) is 0 Å². The lowest BCUT2D eigenvalue weighted by atomic mass is 9.75. The van der Waals surface area contributed by atoms with Gasteiger partial charge in [-0.3, -0.25) is 0 Å². The Morgan fingerprint density at radius 2 is 1.37 bits per heavy atom. The molecule has 0 aliphatic heterocycles. The van der Waals surface area contributed by atoms with Crippen molar-refractivity contribution in [3.8, 4) is 0 Å². The maximum atomic E-state index is 15.1. The monoisotopic (exact) mass is 488 g/mol. The smallest absolute Gasteiger partial charge is 0.162 e. The lowest BCUT2D eigenvalue weighted by molar-refractivity contribution is 0.302. The molecule has 3 aliphatic carbocycles. The Labute approximate surface area is 208 Å². The minimum Gasteiger partial charge on any atom is -0.208 e. The van der Waals surface area contributed by atoms with Crippen LogP contribution in [0.25, 0.3) is 0 Å². The Balaban J connectivity index is 1.34. The van der Waals surface area contributed by atoms with Gasteiger partial charge in [0.15, 0.2) is 17.5 Å². The first kappa shape index (κ1) is 26.2. The number of hydrogen-bond donors (Lipinski definition) is 0. The normalized spacial score (nSPS) is 30.1. The van der Waals surface area contributed by atoms with Gasteiger partial charge in [0.1, 0.15) is 5.83 Å². The van der Waals surface area contributed by atoms with Gasteiger partial charge in [0, 0.05) is 11.5 Å². The summed E-state index contributed by atoms with van der Waals surface area (Å²) in [4.78, 5) is 0. The van der Waals surface area contributed by atoms with E-state index in [1.54, 1.807) is 12.2 Å². The largest absolute Gasteiger partial charge is 0.208 e. The molecule has 0 N–H and O–H groups in total. The zero-order chi connectivity index (χ0) is 24.9. The van der Waals surface area contributed by atoms with Crippen LogP contribution in [0.4, 0.5) is 17.6 Å². The van der Waals surface area contributed by atoms with Gasteiger partial charge in [0.2, 0.25) is 0 Å². The Morgan fingerprint density at radius 1 is 0.800 bits per heavy atom. The molecular formula is C31H40F4. The number of rotatable bonds is 7. The topological polar surface area (TPSA) is 0 Å². The average Bonchev–Trinajstić information content (AvgIpc) is 2.88. The third kappa shape index (κ3) is 5.94. The van der Waals surface area contributed by atoms with Crippen LogP contribution in [-0.4, -0.2) is 0 Å². The van der Waals surface area contributed by atoms with Gasteiger partial charge < -0.3 is 0 Å². The second kappa shape index (κ2) is 11.9. The van der Waals surface area contributed by atoms with Crippen molar-refractivity contribution < 1.29 is 17.6 Å². The first-order valence-electron chi connectivity index (χ1n) is 13.8. The minimum atomic E-state index is -0.732. The van der Waals surface area contributed by atoms with Gasteiger partial charge in [0.05, 0.1) is 0 Å². The summed E-state index contributed by atoms with van der Waals surface area (Å²) in [5.41, 5.74) is 1.40. The van der Waals surface area contributed by atoms with Crippen molar-refractivity contribution in [3.63, 3.8) is 0 Å². The van der Waals surface area contributed by atoms with Gasteiger partial charge in [-0.15, -0.1) is 0 Å². The van der Waals surface area contributed by atoms with E-state index in [2.05, 4.69) is 6.92 Å². The Hall–Kier alpha value is -1.84. The molecule has 0 spiro atoms. The molecule has 2 fully saturated rings. The highest BCUT2D eigenvalue weighted by atomic mass is 19.2. The zero-order valence-corrected chi connectivity index (χ0v) is 21.3. The first-order chi connectivity index (χ1) is 16.9. The summed E-state index contributed by atoms with van der Waals surface area (Å²) < 4.78 is 58.7. The van der Waals surface area contributed by atoms with E-state index in [9.17, 15) is 8.78 Å². The number of benzene rings is 1. The molecule has 0 amide bonds. The Bertz CT molecular complexity index is 956. The second-order valence-corrected chi connectivity index (χ2v) is 11.0. The maximum absolute atomic E-state index is 15.1. The zero-order valence-electron chi connectivity index (χ0n) is 21.3. The van der Waals surface area contributed by atoms with Crippen molar-refractivity contribution in [3.05, 3.63) is 70.3 Å². The molecule has 1 aromatic carbocycles. The fourth-order valence-electron chi connectivity index (χ4n) is 6.51. The van der Waals surface area contributed by atoms with E-state index in [1.165, 1.54) is 12.8 Å². The summed E-state index contributed by atoms with van der Waals surface area (Å²) in [6.45, 7) is 4.07. The summed E-state index contributed by atoms with van der Waals surface area (Å²) >= 11 is 0. The third-order valence-electron chi connectivity index (χ3n) is 8.82. The number of hydrogen-bond acceptors (Lipinski definition) is 0. The van der Waals surface area contributed by atoms with Crippen LogP contribution in [0.1, 0.15) is 114 Å². The molecule has 0 bridgehead atoms. The highest BCUT2D eigenvalue weighted by molar-refractivity contribution is 5.41. The van der Waals surface area contributed by atoms with Gasteiger partial charge >= 0.3 is 0 Å². The van der Waals surface area contributed by atoms with Crippen LogP contribution in [0, 0.1) is 29.4 Å². The van der Waals surface area contributed by atoms with Crippen molar-refractivity contribution in [2.45, 2.75) is 103 Å². The molecule has 192 valence electrons. The predicted octanol–water partition coefficient (Wildman–Crippen LogP) is 10.4. The molecule has 0 radical (unpaired) electrons. The maximum Gasteiger partial charge on any atom is 0.162 e. The molecule has 0 heterocycles. The van der Waals surface area contributed by atoms with Crippen LogP contribution in [0.2, 0.25) is 0 Å². The number of allylic oxidation sites excluding steroid dienone is 6. The van der Waals surface area contributed by atoms with E-state index in [0.717, 1.165) is 57.3 Å². The van der Waals surface area contributed by atoms with Gasteiger partial charge in [0.25, 0.3) is 0 Å². The van der Waals surface area contributed by atoms with E-state index >= 15 is 8.78 Å². The molecule has 4 rings (SSSR count). The molecule has 0 unspecified atom stereocenters. The van der Waals surface area contributed by atoms with Gasteiger partial charge in [-0.25, -0.2) is 17.6 Å². The fraction of sp³-hybridized carbons (Fsp3) is 0.613. The van der Waals surface area contributed by atoms with Crippen LogP contribution in [0.5, 0.6) is 0 Å². The molecule has 0 saturated heterocycles. The van der Waals surface area contributed by atoms with Crippen LogP contribution >= 0.6 is 0 Å². The Kier molecular flexibility index (Phi) is 8.94. The lowest BCUT2D eigenvalue weighted by Crippen LogP contribution is -2.17. The van der Waals surface area contributed by atoms with Crippen LogP contribution in [0.3, 0.4) is 0 Å². The van der Waals surface area contributed by atoms with Gasteiger partial charge in [-0.1, -0.05) is 57.0 Å². The van der Waals surface area contributed by atoms with Crippen molar-refractivity contribution in [1.29, 1.82) is 0 Å². The van der Waals surface area contributed by atoms with Crippen molar-refractivity contribution in [1.82, 2.24) is 0 Å². The third-order valence-corrected chi connectivity index (χ3v) is 8.82. The van der Waals surface area contributed by atoms with Crippen molar-refractivity contribution in [2.24, 2.45) is 17.8 Å². The molecule has 0 aromatic heterocycles. The van der Waals surface area contributed by atoms with E-state index < -0.39 is 23.3 Å². The molecule has 35 heavy (non-hydrogen) atoms. The highest BCUT2D eigenvalue weighted by Gasteiger charge is 2.29. The summed E-state index contributed by atoms with van der Waals surface area (Å²) in [5, 5.41) is 0. The van der Waals surface area contributed by atoms with Gasteiger partial charge in [-0.2, -0.15) is 0 Å². The van der Waals surface area contributed by atoms with Gasteiger partial charge in [-0.05, 0) is 99.0 Å². The van der Waals surface area contributed by atoms with Crippen LogP contribution < -0.4 is 0 Å². The standard InChI is InChI=1S/C31H40F4/c1-3-5-20-6-11-23(12-7-20)26-18-19-27(31(35)30(26)34)24-13-8-21(9-14-24)10-15-25-17-16-22(4-2)28(32)29(25)33/h10,15,17-24H,3-9,11-14,16H2,1-2H3/b15-10+/t20?,21?,22-,23?,24?/m0/s1. The Morgan fingerprint density at radius 3 is 1.91 bits per heavy atom. The molecule has 1 aromatic rings. The quantitative estimate of drug-likeness (QED) is 0.335. The molecule has 2 saturated carbocycles. The summed E-state index contributed by atoms with van der Waals surface area (Å²) in [6.07, 6.45) is 16.4. The highest BCUT2D eigenvalue weighted by Crippen LogP contribution is 2.42. The summed E-state index contributed by atoms with van der Waals surface area (Å²) in [5.74, 6) is -1.87. The molecule has 4 heteroatoms.